The minimum Gasteiger partial charge on any atom is -0.299 e. The smallest absolute Gasteiger partial charge is 0.135 e. The van der Waals surface area contributed by atoms with Gasteiger partial charge in [0.25, 0.3) is 0 Å². The van der Waals surface area contributed by atoms with Gasteiger partial charge in [-0.15, -0.1) is 0 Å². The lowest BCUT2D eigenvalue weighted by Gasteiger charge is -2.05. The van der Waals surface area contributed by atoms with Crippen molar-refractivity contribution < 1.29 is 14.4 Å². The summed E-state index contributed by atoms with van der Waals surface area (Å²) < 4.78 is 0. The minimum atomic E-state index is 0.215. The van der Waals surface area contributed by atoms with Gasteiger partial charge < -0.3 is 0 Å². The third-order valence-electron chi connectivity index (χ3n) is 9.66. The van der Waals surface area contributed by atoms with Crippen LogP contribution < -0.4 is 0 Å². The molecular weight excluding hydrogens is 709 g/mol. The van der Waals surface area contributed by atoms with E-state index < -0.39 is 0 Å². The predicted molar refractivity (Wildman–Crippen MR) is 267 cm³/mol. The Morgan fingerprint density at radius 2 is 0.500 bits per heavy atom. The van der Waals surface area contributed by atoms with Crippen molar-refractivity contribution in [2.45, 2.75) is 269 Å². The molecule has 3 nitrogen and oxygen atoms in total. The van der Waals surface area contributed by atoms with Crippen molar-refractivity contribution in [3.63, 3.8) is 0 Å². The zero-order valence-electron chi connectivity index (χ0n) is 45.0. The van der Waals surface area contributed by atoms with Crippen molar-refractivity contribution in [1.82, 2.24) is 0 Å². The van der Waals surface area contributed by atoms with Gasteiger partial charge in [-0.25, -0.2) is 0 Å². The fourth-order valence-electron chi connectivity index (χ4n) is 5.21. The van der Waals surface area contributed by atoms with Gasteiger partial charge in [0.15, 0.2) is 0 Å². The summed E-state index contributed by atoms with van der Waals surface area (Å²) in [4.78, 5) is 33.2. The first-order valence-electron chi connectivity index (χ1n) is 25.1. The number of hydrogen-bond donors (Lipinski definition) is 0. The summed E-state index contributed by atoms with van der Waals surface area (Å²) in [5.74, 6) is 9.18. The zero-order valence-corrected chi connectivity index (χ0v) is 45.0. The quantitative estimate of drug-likeness (QED) is 0.0862. The second kappa shape index (κ2) is 47.1. The molecule has 0 aliphatic carbocycles. The van der Waals surface area contributed by atoms with Crippen LogP contribution in [0.2, 0.25) is 0 Å². The molecule has 354 valence electrons. The highest BCUT2D eigenvalue weighted by Crippen LogP contribution is 2.14. The first kappa shape index (κ1) is 68.7. The highest BCUT2D eigenvalue weighted by atomic mass is 16.1. The molecule has 3 heteroatoms. The van der Waals surface area contributed by atoms with Crippen LogP contribution in [0.4, 0.5) is 0 Å². The van der Waals surface area contributed by atoms with Crippen molar-refractivity contribution >= 4 is 17.3 Å². The van der Waals surface area contributed by atoms with Crippen LogP contribution >= 0.6 is 0 Å². The Hall–Kier alpha value is -0.990. The number of rotatable bonds is 25. The Morgan fingerprint density at radius 3 is 0.724 bits per heavy atom. The van der Waals surface area contributed by atoms with E-state index in [1.54, 1.807) is 0 Å². The van der Waals surface area contributed by atoms with Crippen LogP contribution in [0, 0.1) is 71.0 Å². The summed E-state index contributed by atoms with van der Waals surface area (Å²) in [5, 5.41) is 0. The monoisotopic (exact) mass is 825 g/mol. The van der Waals surface area contributed by atoms with Crippen molar-refractivity contribution in [1.29, 1.82) is 0 Å². The molecule has 0 amide bonds. The Bertz CT molecular complexity index is 797. The van der Waals surface area contributed by atoms with Gasteiger partial charge in [0, 0.05) is 37.0 Å². The normalized spacial score (nSPS) is 11.2. The van der Waals surface area contributed by atoms with Gasteiger partial charge in [-0.1, -0.05) is 237 Å². The van der Waals surface area contributed by atoms with Gasteiger partial charge in [0.2, 0.25) is 0 Å². The van der Waals surface area contributed by atoms with Crippen LogP contribution in [0.5, 0.6) is 0 Å². The fraction of sp³-hybridized carbons (Fsp3) is 0.945. The number of ketones is 3. The standard InChI is InChI=1S/C12H24O.C9H18O.2C9H20.C8H16O.C8H18/c1-10(2)8-6-5-7-9-12(13)11(3)4;1-7(2)5-6-9(10)8(3)4;2*1-8(2)6-5-7-9(3)4;1-6(2)5-8(9)7(3)4;1-7(2)5-6-8(3)4/h10-11H,5-9H2,1-4H3;7-8H,5-6H2,1-4H3;2*8-9H,5-7H2,1-4H3;6-7H,5H2,1-4H3;7-8H,5-6H2,1-4H3. The summed E-state index contributed by atoms with van der Waals surface area (Å²) in [6.07, 6.45) is 19.4. The molecule has 0 N–H and O–H groups in total. The lowest BCUT2D eigenvalue weighted by atomic mass is 9.99. The van der Waals surface area contributed by atoms with Gasteiger partial charge in [-0.05, 0) is 66.1 Å². The third-order valence-corrected chi connectivity index (χ3v) is 9.66. The predicted octanol–water partition coefficient (Wildman–Crippen LogP) is 18.7. The average Bonchev–Trinajstić information content (AvgIpc) is 3.06. The van der Waals surface area contributed by atoms with Gasteiger partial charge >= 0.3 is 0 Å². The summed E-state index contributed by atoms with van der Waals surface area (Å²) in [5.41, 5.74) is 0. The molecular formula is C55H116O3. The molecule has 0 bridgehead atoms. The van der Waals surface area contributed by atoms with E-state index in [9.17, 15) is 14.4 Å². The Kier molecular flexibility index (Phi) is 55.8. The molecule has 0 radical (unpaired) electrons. The minimum absolute atomic E-state index is 0.215. The number of carbonyl (C=O) groups excluding carboxylic acids is 3. The summed E-state index contributed by atoms with van der Waals surface area (Å²) in [7, 11) is 0. The molecule has 58 heavy (non-hydrogen) atoms. The van der Waals surface area contributed by atoms with Crippen LogP contribution in [0.1, 0.15) is 269 Å². The van der Waals surface area contributed by atoms with E-state index in [4.69, 9.17) is 0 Å². The molecule has 0 fully saturated rings. The second-order valence-corrected chi connectivity index (χ2v) is 22.2. The van der Waals surface area contributed by atoms with Crippen LogP contribution in [0.25, 0.3) is 0 Å². The van der Waals surface area contributed by atoms with E-state index in [0.717, 1.165) is 73.5 Å². The summed E-state index contributed by atoms with van der Waals surface area (Å²) in [6.45, 7) is 52.2. The molecule has 0 saturated heterocycles. The summed E-state index contributed by atoms with van der Waals surface area (Å²) in [6, 6.07) is 0. The Labute approximate surface area is 370 Å². The average molecular weight is 826 g/mol. The van der Waals surface area contributed by atoms with Gasteiger partial charge in [-0.3, -0.25) is 14.4 Å². The van der Waals surface area contributed by atoms with E-state index in [-0.39, 0.29) is 17.8 Å². The molecule has 0 atom stereocenters. The Balaban J connectivity index is -0.000000141. The van der Waals surface area contributed by atoms with Crippen LogP contribution in [-0.2, 0) is 14.4 Å². The topological polar surface area (TPSA) is 51.2 Å². The van der Waals surface area contributed by atoms with Gasteiger partial charge in [-0.2, -0.15) is 0 Å². The second-order valence-electron chi connectivity index (χ2n) is 22.2. The maximum absolute atomic E-state index is 11.2. The molecule has 0 aromatic rings. The first-order chi connectivity index (χ1) is 26.5. The molecule has 0 spiro atoms. The molecule has 0 aliphatic rings. The van der Waals surface area contributed by atoms with Crippen molar-refractivity contribution in [3.8, 4) is 0 Å². The molecule has 0 aromatic heterocycles. The van der Waals surface area contributed by atoms with E-state index in [1.807, 2.05) is 41.5 Å². The molecule has 0 heterocycles. The van der Waals surface area contributed by atoms with Crippen LogP contribution in [-0.4, -0.2) is 17.3 Å². The van der Waals surface area contributed by atoms with E-state index >= 15 is 0 Å². The van der Waals surface area contributed by atoms with Gasteiger partial charge in [0.05, 0.1) is 0 Å². The largest absolute Gasteiger partial charge is 0.299 e. The highest BCUT2D eigenvalue weighted by molar-refractivity contribution is 5.81. The third kappa shape index (κ3) is 79.2. The van der Waals surface area contributed by atoms with Crippen LogP contribution in [0.3, 0.4) is 0 Å². The van der Waals surface area contributed by atoms with Crippen molar-refractivity contribution in [3.05, 3.63) is 0 Å². The number of carbonyl (C=O) groups is 3. The van der Waals surface area contributed by atoms with Gasteiger partial charge in [0.1, 0.15) is 17.3 Å². The SMILES string of the molecule is CC(C)CC(=O)C(C)C.CC(C)CCC(=O)C(C)C.CC(C)CCC(C)C.CC(C)CCCC(C)C.CC(C)CCCC(C)C.CC(C)CCCCCC(=O)C(C)C. The molecule has 0 aliphatic heterocycles. The van der Waals surface area contributed by atoms with E-state index in [0.29, 0.717) is 29.2 Å². The number of unbranched alkanes of at least 4 members (excludes halogenated alkanes) is 2. The summed E-state index contributed by atoms with van der Waals surface area (Å²) >= 11 is 0. The maximum atomic E-state index is 11.2. The van der Waals surface area contributed by atoms with Crippen molar-refractivity contribution in [2.75, 3.05) is 0 Å². The van der Waals surface area contributed by atoms with E-state index in [2.05, 4.69) is 125 Å². The lowest BCUT2D eigenvalue weighted by Crippen LogP contribution is -2.09. The molecule has 0 rings (SSSR count). The molecule has 0 unspecified atom stereocenters. The number of Topliss-reactive ketones (excluding diaryl/α,β-unsaturated/α-hetero) is 3. The maximum Gasteiger partial charge on any atom is 0.135 e. The fourth-order valence-corrected chi connectivity index (χ4v) is 5.21. The first-order valence-corrected chi connectivity index (χ1v) is 25.1. The van der Waals surface area contributed by atoms with E-state index in [1.165, 1.54) is 70.6 Å². The lowest BCUT2D eigenvalue weighted by molar-refractivity contribution is -0.123. The molecule has 0 saturated carbocycles. The number of hydrogen-bond acceptors (Lipinski definition) is 3. The zero-order chi connectivity index (χ0) is 47.0. The van der Waals surface area contributed by atoms with Crippen LogP contribution in [0.15, 0.2) is 0 Å². The Morgan fingerprint density at radius 1 is 0.241 bits per heavy atom. The van der Waals surface area contributed by atoms with Crippen molar-refractivity contribution in [2.24, 2.45) is 71.0 Å². The molecule has 0 aromatic carbocycles. The highest BCUT2D eigenvalue weighted by Gasteiger charge is 2.09.